The molecular formula is C35H32F6N8O2S. The van der Waals surface area contributed by atoms with E-state index in [1.807, 2.05) is 11.0 Å². The number of rotatable bonds is 7. The zero-order chi connectivity index (χ0) is 37.3. The van der Waals surface area contributed by atoms with Gasteiger partial charge in [-0.2, -0.15) is 33.7 Å². The number of carbonyl (C=O) groups excluding carboxylic acids is 1. The number of ether oxygens (including phenoxy) is 1. The fourth-order valence-electron chi connectivity index (χ4n) is 8.20. The summed E-state index contributed by atoms with van der Waals surface area (Å²) in [6.07, 6.45) is -4.28. The third-order valence-corrected chi connectivity index (χ3v) is 11.7. The summed E-state index contributed by atoms with van der Waals surface area (Å²) in [5, 5.41) is 18.5. The van der Waals surface area contributed by atoms with Gasteiger partial charge in [0.15, 0.2) is 5.82 Å². The largest absolute Gasteiger partial charge is 0.461 e. The summed E-state index contributed by atoms with van der Waals surface area (Å²) in [6, 6.07) is 5.07. The number of halogens is 6. The van der Waals surface area contributed by atoms with Crippen molar-refractivity contribution in [2.45, 2.75) is 69.0 Å². The molecule has 10 nitrogen and oxygen atoms in total. The maximum absolute atomic E-state index is 17.1. The average Bonchev–Trinajstić information content (AvgIpc) is 3.84. The number of nitrogen functional groups attached to an aromatic ring is 1. The van der Waals surface area contributed by atoms with E-state index < -0.39 is 63.8 Å². The number of amides is 1. The zero-order valence-electron chi connectivity index (χ0n) is 28.0. The van der Waals surface area contributed by atoms with Gasteiger partial charge < -0.3 is 20.3 Å². The van der Waals surface area contributed by atoms with Crippen molar-refractivity contribution in [3.8, 4) is 29.3 Å². The topological polar surface area (TPSA) is 135 Å². The molecule has 5 heterocycles. The molecule has 272 valence electrons. The van der Waals surface area contributed by atoms with Gasteiger partial charge in [-0.25, -0.2) is 13.2 Å². The lowest BCUT2D eigenvalue weighted by Crippen LogP contribution is -2.43. The average molecular weight is 743 g/mol. The quantitative estimate of drug-likeness (QED) is 0.209. The highest BCUT2D eigenvalue weighted by Gasteiger charge is 2.49. The molecule has 3 saturated heterocycles. The summed E-state index contributed by atoms with van der Waals surface area (Å²) in [7, 11) is 1.54. The molecule has 0 radical (unpaired) electrons. The number of benzene rings is 2. The highest BCUT2D eigenvalue weighted by Crippen LogP contribution is 2.48. The number of thiophene rings is 1. The Labute approximate surface area is 298 Å². The van der Waals surface area contributed by atoms with Crippen LogP contribution in [-0.4, -0.2) is 82.8 Å². The van der Waals surface area contributed by atoms with E-state index in [-0.39, 0.29) is 82.7 Å². The number of hydrogen-bond donors (Lipinski definition) is 1. The molecule has 3 fully saturated rings. The van der Waals surface area contributed by atoms with E-state index in [2.05, 4.69) is 16.0 Å². The van der Waals surface area contributed by atoms with Crippen LogP contribution in [0, 0.1) is 34.3 Å². The molecule has 4 aromatic rings. The summed E-state index contributed by atoms with van der Waals surface area (Å²) in [5.74, 6) is -2.68. The maximum Gasteiger partial charge on any atom is 0.417 e. The Hall–Kier alpha value is -4.87. The standard InChI is InChI=1S/C35H32F6N8O2S/c1-17(50)49-15-20(10-19(49)6-8-42)47(2)32-22-11-24(35(39,40)41)27(21-4-5-25(37)30-26(21)23(13-43)31(44)52-30)28(38)29(22)45-33(46-32)51-16-34-7-3-9-48(34)14-18(36)12-34/h4-5,11,18-20H,3,6-7,9-10,12,14-16,44H2,1-2H3. The van der Waals surface area contributed by atoms with Crippen molar-refractivity contribution in [2.24, 2.45) is 0 Å². The van der Waals surface area contributed by atoms with Crippen LogP contribution in [0.15, 0.2) is 18.2 Å². The van der Waals surface area contributed by atoms with E-state index in [4.69, 9.17) is 10.5 Å². The first-order valence-corrected chi connectivity index (χ1v) is 17.4. The van der Waals surface area contributed by atoms with E-state index in [0.29, 0.717) is 30.4 Å². The number of nitriles is 2. The molecule has 2 N–H and O–H groups in total. The fraction of sp³-hybridized carbons (Fsp3) is 0.457. The molecule has 0 bridgehead atoms. The summed E-state index contributed by atoms with van der Waals surface area (Å²) in [4.78, 5) is 26.3. The fourth-order valence-corrected chi connectivity index (χ4v) is 9.15. The Bertz CT molecular complexity index is 2200. The minimum Gasteiger partial charge on any atom is -0.461 e. The minimum absolute atomic E-state index is 0.0249. The first kappa shape index (κ1) is 35.5. The van der Waals surface area contributed by atoms with Crippen molar-refractivity contribution in [1.29, 1.82) is 10.5 Å². The summed E-state index contributed by atoms with van der Waals surface area (Å²) in [5.41, 5.74) is 1.67. The molecule has 0 spiro atoms. The molecule has 17 heteroatoms. The van der Waals surface area contributed by atoms with Gasteiger partial charge >= 0.3 is 12.2 Å². The molecule has 3 aliphatic heterocycles. The molecule has 7 rings (SSSR count). The van der Waals surface area contributed by atoms with Crippen LogP contribution in [0.4, 0.5) is 37.2 Å². The molecule has 1 amide bonds. The minimum atomic E-state index is -5.16. The summed E-state index contributed by atoms with van der Waals surface area (Å²) in [6.45, 7) is 2.31. The lowest BCUT2D eigenvalue weighted by molar-refractivity contribution is -0.137. The van der Waals surface area contributed by atoms with Crippen LogP contribution in [0.1, 0.15) is 50.2 Å². The molecule has 0 aliphatic carbocycles. The first-order chi connectivity index (χ1) is 24.7. The Balaban J connectivity index is 1.44. The number of nitrogens with zero attached hydrogens (tertiary/aromatic N) is 7. The lowest BCUT2D eigenvalue weighted by atomic mass is 9.92. The number of fused-ring (bicyclic) bond motifs is 3. The van der Waals surface area contributed by atoms with Crippen LogP contribution in [0.25, 0.3) is 32.1 Å². The normalized spacial score (nSPS) is 23.3. The third-order valence-electron chi connectivity index (χ3n) is 10.6. The van der Waals surface area contributed by atoms with Crippen LogP contribution in [0.3, 0.4) is 0 Å². The van der Waals surface area contributed by atoms with Crippen molar-refractivity contribution in [3.63, 3.8) is 0 Å². The number of likely N-dealkylation sites (tertiary alicyclic amines) is 1. The van der Waals surface area contributed by atoms with Gasteiger partial charge in [0.2, 0.25) is 5.91 Å². The van der Waals surface area contributed by atoms with Crippen molar-refractivity contribution in [2.75, 3.05) is 43.9 Å². The maximum atomic E-state index is 17.1. The second-order valence-electron chi connectivity index (χ2n) is 13.6. The van der Waals surface area contributed by atoms with Gasteiger partial charge in [0.05, 0.1) is 33.9 Å². The van der Waals surface area contributed by atoms with E-state index in [9.17, 15) is 24.1 Å². The number of carbonyl (C=O) groups is 1. The van der Waals surface area contributed by atoms with E-state index in [0.717, 1.165) is 18.6 Å². The van der Waals surface area contributed by atoms with Crippen molar-refractivity contribution in [1.82, 2.24) is 19.8 Å². The molecular weight excluding hydrogens is 710 g/mol. The molecule has 52 heavy (non-hydrogen) atoms. The predicted molar refractivity (Wildman–Crippen MR) is 181 cm³/mol. The summed E-state index contributed by atoms with van der Waals surface area (Å²) < 4.78 is 97.6. The van der Waals surface area contributed by atoms with E-state index in [1.165, 1.54) is 16.7 Å². The van der Waals surface area contributed by atoms with Gasteiger partial charge in [0.1, 0.15) is 41.0 Å². The number of hydrogen-bond acceptors (Lipinski definition) is 10. The van der Waals surface area contributed by atoms with Crippen LogP contribution in [-0.2, 0) is 11.0 Å². The lowest BCUT2D eigenvalue weighted by Gasteiger charge is -2.31. The van der Waals surface area contributed by atoms with E-state index in [1.54, 1.807) is 7.05 Å². The van der Waals surface area contributed by atoms with Crippen LogP contribution in [0.5, 0.6) is 6.01 Å². The van der Waals surface area contributed by atoms with Gasteiger partial charge in [-0.15, -0.1) is 11.3 Å². The Morgan fingerprint density at radius 3 is 2.69 bits per heavy atom. The smallest absolute Gasteiger partial charge is 0.417 e. The van der Waals surface area contributed by atoms with Gasteiger partial charge in [-0.3, -0.25) is 9.69 Å². The van der Waals surface area contributed by atoms with Gasteiger partial charge in [-0.05, 0) is 43.5 Å². The summed E-state index contributed by atoms with van der Waals surface area (Å²) >= 11 is 0.661. The number of anilines is 2. The van der Waals surface area contributed by atoms with E-state index >= 15 is 17.6 Å². The molecule has 2 aromatic carbocycles. The predicted octanol–water partition coefficient (Wildman–Crippen LogP) is 6.56. The molecule has 2 aromatic heterocycles. The third kappa shape index (κ3) is 5.80. The Kier molecular flexibility index (Phi) is 8.86. The van der Waals surface area contributed by atoms with Crippen LogP contribution >= 0.6 is 11.3 Å². The Morgan fingerprint density at radius 1 is 1.23 bits per heavy atom. The number of likely N-dealkylation sites (N-methyl/N-ethyl adjacent to an activating group) is 1. The Morgan fingerprint density at radius 2 is 2.00 bits per heavy atom. The molecule has 3 aliphatic rings. The molecule has 0 saturated carbocycles. The number of nitrogens with two attached hydrogens (primary N) is 1. The SMILES string of the molecule is CC(=O)N1CC(N(C)c2nc(OCC34CCCN3CC(F)C4)nc3c(F)c(-c4ccc(F)c5sc(N)c(C#N)c45)c(C(F)(F)F)cc23)CC1CC#N. The number of aromatic nitrogens is 2. The molecule has 4 atom stereocenters. The zero-order valence-corrected chi connectivity index (χ0v) is 28.8. The van der Waals surface area contributed by atoms with Crippen molar-refractivity contribution < 1.29 is 35.9 Å². The molecule has 4 unspecified atom stereocenters. The highest BCUT2D eigenvalue weighted by atomic mass is 32.1. The van der Waals surface area contributed by atoms with Crippen LogP contribution in [0.2, 0.25) is 0 Å². The van der Waals surface area contributed by atoms with Crippen molar-refractivity contribution in [3.05, 3.63) is 41.0 Å². The number of alkyl halides is 4. The van der Waals surface area contributed by atoms with Crippen LogP contribution < -0.4 is 15.4 Å². The van der Waals surface area contributed by atoms with Gasteiger partial charge in [-0.1, -0.05) is 6.07 Å². The first-order valence-electron chi connectivity index (χ1n) is 16.6. The van der Waals surface area contributed by atoms with Gasteiger partial charge in [0, 0.05) is 61.9 Å². The van der Waals surface area contributed by atoms with Crippen molar-refractivity contribution >= 4 is 49.1 Å². The second kappa shape index (κ2) is 13.0. The monoisotopic (exact) mass is 742 g/mol. The highest BCUT2D eigenvalue weighted by molar-refractivity contribution is 7.23. The van der Waals surface area contributed by atoms with Gasteiger partial charge in [0.25, 0.3) is 0 Å². The second-order valence-corrected chi connectivity index (χ2v) is 14.7.